The molecule has 0 saturated carbocycles. The van der Waals surface area contributed by atoms with E-state index in [1.807, 2.05) is 48.5 Å². The van der Waals surface area contributed by atoms with Crippen molar-refractivity contribution in [2.75, 3.05) is 0 Å². The third kappa shape index (κ3) is 13.3. The molecule has 0 aromatic heterocycles. The molecule has 1 atom stereocenters. The fourth-order valence-electron chi connectivity index (χ4n) is 0.940. The summed E-state index contributed by atoms with van der Waals surface area (Å²) < 4.78 is 0. The molecule has 0 amide bonds. The fourth-order valence-corrected chi connectivity index (χ4v) is 0.940. The van der Waals surface area contributed by atoms with E-state index in [-0.39, 0.29) is 75.3 Å². The summed E-state index contributed by atoms with van der Waals surface area (Å²) in [6.45, 7) is 4.13. The minimum absolute atomic E-state index is 0. The molecule has 0 nitrogen and oxygen atoms in total. The smallest absolute Gasteiger partial charge is 0 e. The molecule has 3 heteroatoms. The molecule has 2 radical (unpaired) electrons. The molecule has 0 bridgehead atoms. The van der Waals surface area contributed by atoms with E-state index in [0.29, 0.717) is 0 Å². The maximum absolute atomic E-state index is 2.93. The minimum Gasteiger partial charge on any atom is -0.184 e. The first-order valence-corrected chi connectivity index (χ1v) is 4.64. The van der Waals surface area contributed by atoms with Gasteiger partial charge < -0.3 is 0 Å². The molecule has 0 spiro atoms. The van der Waals surface area contributed by atoms with Crippen LogP contribution in [0.5, 0.6) is 0 Å². The Labute approximate surface area is 159 Å². The zero-order valence-corrected chi connectivity index (χ0v) is 17.6. The molecule has 0 heterocycles. The summed E-state index contributed by atoms with van der Waals surface area (Å²) in [6, 6.07) is 21.6. The van der Waals surface area contributed by atoms with Crippen LogP contribution in [0, 0.1) is 26.0 Å². The fraction of sp³-hybridized carbons (Fsp3) is 0.143. The van der Waals surface area contributed by atoms with E-state index in [4.69, 9.17) is 0 Å². The Balaban J connectivity index is -0.000000196. The number of hydrogen-bond donors (Lipinski definition) is 0. The van der Waals surface area contributed by atoms with Gasteiger partial charge in [-0.15, -0.1) is 0 Å². The summed E-state index contributed by atoms with van der Waals surface area (Å²) in [5.41, 5.74) is 2.58. The molecule has 0 aliphatic carbocycles. The molecule has 2 aromatic carbocycles. The van der Waals surface area contributed by atoms with Gasteiger partial charge in [0.2, 0.25) is 0 Å². The second-order valence-electron chi connectivity index (χ2n) is 3.15. The quantitative estimate of drug-likeness (QED) is 0.473. The normalized spacial score (nSPS) is 7.18. The van der Waals surface area contributed by atoms with Crippen molar-refractivity contribution in [2.45, 2.75) is 13.8 Å². The van der Waals surface area contributed by atoms with E-state index in [1.165, 1.54) is 11.1 Å². The van der Waals surface area contributed by atoms with E-state index in [0.717, 1.165) is 0 Å². The standard InChI is InChI=1S/2C7H7.H3P.2Y/c2*1-7-5-3-2-4-6-7;;;/h2*3-6H,1H3;1H3;;/q2*-1;;;. The first-order chi connectivity index (χ1) is 6.79. The van der Waals surface area contributed by atoms with Crippen LogP contribution >= 0.6 is 9.90 Å². The molecule has 1 unspecified atom stereocenters. The molecule has 0 N–H and O–H groups in total. The van der Waals surface area contributed by atoms with E-state index >= 15 is 0 Å². The zero-order chi connectivity index (χ0) is 10.2. The van der Waals surface area contributed by atoms with Gasteiger partial charge in [-0.25, -0.2) is 0 Å². The van der Waals surface area contributed by atoms with E-state index in [9.17, 15) is 0 Å². The third-order valence-corrected chi connectivity index (χ3v) is 1.77. The summed E-state index contributed by atoms with van der Waals surface area (Å²) in [6.07, 6.45) is 0. The summed E-state index contributed by atoms with van der Waals surface area (Å²) in [5, 5.41) is 0. The van der Waals surface area contributed by atoms with Crippen molar-refractivity contribution >= 4 is 9.90 Å². The van der Waals surface area contributed by atoms with Gasteiger partial charge in [-0.3, -0.25) is 0 Å². The molecular weight excluding hydrogens is 377 g/mol. The van der Waals surface area contributed by atoms with Crippen LogP contribution in [0.25, 0.3) is 0 Å². The molecule has 0 fully saturated rings. The number of aryl methyl sites for hydroxylation is 2. The van der Waals surface area contributed by atoms with Crippen molar-refractivity contribution in [2.24, 2.45) is 0 Å². The van der Waals surface area contributed by atoms with Crippen LogP contribution in [-0.4, -0.2) is 0 Å². The summed E-state index contributed by atoms with van der Waals surface area (Å²) in [4.78, 5) is 0. The van der Waals surface area contributed by atoms with E-state index in [1.54, 1.807) is 0 Å². The predicted octanol–water partition coefficient (Wildman–Crippen LogP) is 3.64. The van der Waals surface area contributed by atoms with Crippen molar-refractivity contribution in [3.63, 3.8) is 0 Å². The van der Waals surface area contributed by atoms with Gasteiger partial charge >= 0.3 is 0 Å². The Morgan fingerprint density at radius 3 is 1.00 bits per heavy atom. The van der Waals surface area contributed by atoms with Gasteiger partial charge in [0.15, 0.2) is 0 Å². The maximum atomic E-state index is 2.93. The Hall–Kier alpha value is 1.08. The van der Waals surface area contributed by atoms with Crippen LogP contribution in [0.3, 0.4) is 0 Å². The van der Waals surface area contributed by atoms with Crippen LogP contribution in [0.1, 0.15) is 11.1 Å². The Morgan fingerprint density at radius 1 is 0.647 bits per heavy atom. The predicted molar refractivity (Wildman–Crippen MR) is 71.1 cm³/mol. The van der Waals surface area contributed by atoms with Gasteiger partial charge in [0.1, 0.15) is 0 Å². The van der Waals surface area contributed by atoms with Crippen molar-refractivity contribution < 1.29 is 65.4 Å². The van der Waals surface area contributed by atoms with Gasteiger partial charge in [-0.2, -0.15) is 81.7 Å². The molecule has 2 aromatic rings. The van der Waals surface area contributed by atoms with E-state index in [2.05, 4.69) is 26.0 Å². The molecule has 0 aliphatic rings. The molecule has 17 heavy (non-hydrogen) atoms. The van der Waals surface area contributed by atoms with Crippen LogP contribution in [0.15, 0.2) is 48.5 Å². The van der Waals surface area contributed by atoms with Gasteiger partial charge in [0, 0.05) is 65.4 Å². The van der Waals surface area contributed by atoms with Crippen LogP contribution < -0.4 is 0 Å². The van der Waals surface area contributed by atoms with Gasteiger partial charge in [-0.1, -0.05) is 13.8 Å². The van der Waals surface area contributed by atoms with Gasteiger partial charge in [0.05, 0.1) is 0 Å². The molecule has 0 saturated heterocycles. The van der Waals surface area contributed by atoms with E-state index < -0.39 is 0 Å². The average molecular weight is 394 g/mol. The Kier molecular flexibility index (Phi) is 20.6. The Morgan fingerprint density at radius 2 is 0.882 bits per heavy atom. The van der Waals surface area contributed by atoms with Crippen LogP contribution in [0.2, 0.25) is 0 Å². The summed E-state index contributed by atoms with van der Waals surface area (Å²) in [7, 11) is 0. The van der Waals surface area contributed by atoms with Crippen molar-refractivity contribution in [1.29, 1.82) is 0 Å². The monoisotopic (exact) mass is 394 g/mol. The van der Waals surface area contributed by atoms with Crippen molar-refractivity contribution in [3.05, 3.63) is 71.8 Å². The Bertz CT molecular complexity index is 312. The SMILES string of the molecule is Cc1cc[c-]cc1.Cc1cc[c-]cc1.P.[Y].[Y]. The summed E-state index contributed by atoms with van der Waals surface area (Å²) >= 11 is 0. The third-order valence-electron chi connectivity index (χ3n) is 1.77. The van der Waals surface area contributed by atoms with Crippen LogP contribution in [-0.2, 0) is 65.4 Å². The second kappa shape index (κ2) is 15.1. The molecule has 0 aliphatic heterocycles. The molecule has 86 valence electrons. The van der Waals surface area contributed by atoms with Crippen LogP contribution in [0.4, 0.5) is 0 Å². The van der Waals surface area contributed by atoms with Crippen molar-refractivity contribution in [3.8, 4) is 0 Å². The number of benzene rings is 2. The maximum Gasteiger partial charge on any atom is 0 e. The number of rotatable bonds is 0. The zero-order valence-electron chi connectivity index (χ0n) is 10.5. The first kappa shape index (κ1) is 23.2. The molecular formula is C14H17PY2-2. The average Bonchev–Trinajstić information content (AvgIpc) is 2.21. The topological polar surface area (TPSA) is 0 Å². The van der Waals surface area contributed by atoms with Gasteiger partial charge in [0.25, 0.3) is 0 Å². The van der Waals surface area contributed by atoms with Gasteiger partial charge in [-0.05, 0) is 0 Å². The second-order valence-corrected chi connectivity index (χ2v) is 3.15. The molecule has 2 rings (SSSR count). The van der Waals surface area contributed by atoms with Crippen molar-refractivity contribution in [1.82, 2.24) is 0 Å². The summed E-state index contributed by atoms with van der Waals surface area (Å²) in [5.74, 6) is 0. The number of hydrogen-bond acceptors (Lipinski definition) is 0. The largest absolute Gasteiger partial charge is 0.184 e. The first-order valence-electron chi connectivity index (χ1n) is 4.64. The minimum atomic E-state index is 0.